The second kappa shape index (κ2) is 4.73. The highest BCUT2D eigenvalue weighted by molar-refractivity contribution is 4.37. The summed E-state index contributed by atoms with van der Waals surface area (Å²) in [5, 5.41) is 0. The average molecular weight is 132 g/mol. The highest BCUT2D eigenvalue weighted by atomic mass is 16.6. The van der Waals surface area contributed by atoms with Crippen molar-refractivity contribution in [2.45, 2.75) is 0 Å². The summed E-state index contributed by atoms with van der Waals surface area (Å²) in [6.45, 7) is 5.11. The van der Waals surface area contributed by atoms with Crippen molar-refractivity contribution in [3.8, 4) is 0 Å². The summed E-state index contributed by atoms with van der Waals surface area (Å²) >= 11 is 0. The van der Waals surface area contributed by atoms with Crippen molar-refractivity contribution in [1.82, 2.24) is 0 Å². The van der Waals surface area contributed by atoms with E-state index >= 15 is 0 Å². The van der Waals surface area contributed by atoms with Crippen LogP contribution in [0.2, 0.25) is 0 Å². The second-order valence-electron chi connectivity index (χ2n) is 1.84. The molecule has 2 fully saturated rings. The first kappa shape index (κ1) is 6.99. The molecule has 2 heterocycles. The molecule has 0 aromatic carbocycles. The van der Waals surface area contributed by atoms with E-state index in [4.69, 9.17) is 9.47 Å². The van der Waals surface area contributed by atoms with Gasteiger partial charge in [0.15, 0.2) is 0 Å². The number of rotatable bonds is 0. The minimum atomic E-state index is 0.778. The first-order chi connectivity index (χ1) is 4.50. The van der Waals surface area contributed by atoms with Gasteiger partial charge in [0, 0.05) is 0 Å². The Kier molecular flexibility index (Phi) is 3.68. The van der Waals surface area contributed by atoms with Crippen molar-refractivity contribution < 1.29 is 14.2 Å². The third-order valence-electron chi connectivity index (χ3n) is 0.948. The van der Waals surface area contributed by atoms with Gasteiger partial charge in [0.1, 0.15) is 0 Å². The van der Waals surface area contributed by atoms with Crippen LogP contribution in [0.3, 0.4) is 0 Å². The van der Waals surface area contributed by atoms with Crippen LogP contribution in [0.5, 0.6) is 0 Å². The minimum Gasteiger partial charge on any atom is -0.377 e. The molecule has 3 heteroatoms. The van der Waals surface area contributed by atoms with Crippen molar-refractivity contribution in [3.63, 3.8) is 0 Å². The van der Waals surface area contributed by atoms with Crippen LogP contribution in [0, 0.1) is 0 Å². The Morgan fingerprint density at radius 3 is 0.778 bits per heavy atom. The molecule has 2 aliphatic heterocycles. The number of hydrogen-bond acceptors (Lipinski definition) is 3. The molecular weight excluding hydrogens is 120 g/mol. The van der Waals surface area contributed by atoms with E-state index in [2.05, 4.69) is 4.74 Å². The van der Waals surface area contributed by atoms with Crippen LogP contribution in [0.15, 0.2) is 0 Å². The summed E-state index contributed by atoms with van der Waals surface area (Å²) in [5.74, 6) is 0. The van der Waals surface area contributed by atoms with E-state index < -0.39 is 0 Å². The largest absolute Gasteiger partial charge is 0.377 e. The molecule has 0 bridgehead atoms. The molecule has 0 saturated carbocycles. The van der Waals surface area contributed by atoms with Crippen LogP contribution in [0.25, 0.3) is 0 Å². The fourth-order valence-corrected chi connectivity index (χ4v) is 0.440. The highest BCUT2D eigenvalue weighted by Crippen LogP contribution is 1.85. The minimum absolute atomic E-state index is 0.778. The Hall–Kier alpha value is -0.120. The normalized spacial score (nSPS) is 24.0. The zero-order valence-electron chi connectivity index (χ0n) is 5.47. The highest BCUT2D eigenvalue weighted by Gasteiger charge is 1.94. The van der Waals surface area contributed by atoms with Crippen molar-refractivity contribution in [2.24, 2.45) is 0 Å². The van der Waals surface area contributed by atoms with Crippen LogP contribution in [0.4, 0.5) is 0 Å². The van der Waals surface area contributed by atoms with Gasteiger partial charge in [0.2, 0.25) is 0 Å². The maximum absolute atomic E-state index is 4.94. The lowest BCUT2D eigenvalue weighted by molar-refractivity contribution is -0.0334. The number of hydrogen-bond donors (Lipinski definition) is 0. The zero-order chi connectivity index (χ0) is 6.36. The van der Waals surface area contributed by atoms with Crippen molar-refractivity contribution >= 4 is 0 Å². The lowest BCUT2D eigenvalue weighted by atomic mass is 10.6. The van der Waals surface area contributed by atoms with Gasteiger partial charge in [-0.05, 0) is 0 Å². The summed E-state index contributed by atoms with van der Waals surface area (Å²) in [4.78, 5) is 0. The predicted molar refractivity (Wildman–Crippen MR) is 32.5 cm³/mol. The molecule has 54 valence electrons. The summed E-state index contributed by atoms with van der Waals surface area (Å²) in [7, 11) is 0. The lowest BCUT2D eigenvalue weighted by Crippen LogP contribution is -2.16. The van der Waals surface area contributed by atoms with E-state index in [-0.39, 0.29) is 0 Å². The molecular formula is C6H12O3. The Balaban J connectivity index is 0.000000112. The first-order valence-corrected chi connectivity index (χ1v) is 3.23. The van der Waals surface area contributed by atoms with Crippen molar-refractivity contribution in [1.29, 1.82) is 0 Å². The third kappa shape index (κ3) is 5.76. The van der Waals surface area contributed by atoms with Crippen LogP contribution in [0.1, 0.15) is 0 Å². The van der Waals surface area contributed by atoms with Crippen molar-refractivity contribution in [3.05, 3.63) is 0 Å². The Bertz CT molecular complexity index is 45.1. The molecule has 2 saturated heterocycles. The maximum Gasteiger partial charge on any atom is 0.0701 e. The average Bonchev–Trinajstić information content (AvgIpc) is 2.76. The van der Waals surface area contributed by atoms with E-state index in [1.807, 2.05) is 0 Å². The summed E-state index contributed by atoms with van der Waals surface area (Å²) in [6, 6.07) is 0. The van der Waals surface area contributed by atoms with Gasteiger partial charge < -0.3 is 14.2 Å². The molecule has 9 heavy (non-hydrogen) atoms. The zero-order valence-corrected chi connectivity index (χ0v) is 5.47. The fraction of sp³-hybridized carbons (Fsp3) is 1.00. The first-order valence-electron chi connectivity index (χ1n) is 3.23. The van der Waals surface area contributed by atoms with Crippen LogP contribution in [-0.4, -0.2) is 39.6 Å². The van der Waals surface area contributed by atoms with E-state index in [0.29, 0.717) is 0 Å². The molecule has 0 unspecified atom stereocenters. The standard InChI is InChI=1S/C4H8O2.C2H4O/c1-2-6-4-3-5-1;1-2-3-1/h1-4H2;1-2H2. The maximum atomic E-state index is 4.94. The summed E-state index contributed by atoms with van der Waals surface area (Å²) in [5.41, 5.74) is 0. The predicted octanol–water partition coefficient (Wildman–Crippen LogP) is 0.0498. The Morgan fingerprint density at radius 2 is 0.667 bits per heavy atom. The molecule has 0 amide bonds. The number of epoxide rings is 1. The van der Waals surface area contributed by atoms with Crippen LogP contribution < -0.4 is 0 Å². The molecule has 0 aromatic rings. The SMILES string of the molecule is C1CO1.C1COCCO1. The van der Waals surface area contributed by atoms with E-state index in [9.17, 15) is 0 Å². The fourth-order valence-electron chi connectivity index (χ4n) is 0.440. The third-order valence-corrected chi connectivity index (χ3v) is 0.948. The summed E-state index contributed by atoms with van der Waals surface area (Å²) < 4.78 is 14.4. The van der Waals surface area contributed by atoms with Gasteiger partial charge in [-0.15, -0.1) is 0 Å². The molecule has 0 aliphatic carbocycles. The topological polar surface area (TPSA) is 31.0 Å². The molecule has 0 atom stereocenters. The Labute approximate surface area is 54.9 Å². The van der Waals surface area contributed by atoms with Gasteiger partial charge in [-0.1, -0.05) is 0 Å². The van der Waals surface area contributed by atoms with E-state index in [0.717, 1.165) is 39.6 Å². The second-order valence-corrected chi connectivity index (χ2v) is 1.84. The van der Waals surface area contributed by atoms with Gasteiger partial charge in [-0.2, -0.15) is 0 Å². The van der Waals surface area contributed by atoms with Crippen LogP contribution >= 0.6 is 0 Å². The molecule has 2 aliphatic rings. The summed E-state index contributed by atoms with van der Waals surface area (Å²) in [6.07, 6.45) is 0. The van der Waals surface area contributed by atoms with E-state index in [1.165, 1.54) is 0 Å². The van der Waals surface area contributed by atoms with Gasteiger partial charge >= 0.3 is 0 Å². The lowest BCUT2D eigenvalue weighted by Gasteiger charge is -2.09. The Morgan fingerprint density at radius 1 is 0.444 bits per heavy atom. The van der Waals surface area contributed by atoms with Gasteiger partial charge in [0.25, 0.3) is 0 Å². The van der Waals surface area contributed by atoms with E-state index in [1.54, 1.807) is 0 Å². The molecule has 0 radical (unpaired) electrons. The molecule has 0 N–H and O–H groups in total. The molecule has 0 aromatic heterocycles. The smallest absolute Gasteiger partial charge is 0.0701 e. The van der Waals surface area contributed by atoms with Gasteiger partial charge in [0.05, 0.1) is 39.6 Å². The quantitative estimate of drug-likeness (QED) is 0.436. The van der Waals surface area contributed by atoms with Crippen molar-refractivity contribution in [2.75, 3.05) is 39.6 Å². The van der Waals surface area contributed by atoms with Crippen LogP contribution in [-0.2, 0) is 14.2 Å². The monoisotopic (exact) mass is 132 g/mol. The number of ether oxygens (including phenoxy) is 3. The molecule has 3 nitrogen and oxygen atoms in total. The molecule has 0 spiro atoms. The van der Waals surface area contributed by atoms with Gasteiger partial charge in [-0.3, -0.25) is 0 Å². The molecule has 2 rings (SSSR count). The van der Waals surface area contributed by atoms with Gasteiger partial charge in [-0.25, -0.2) is 0 Å².